The molecule has 334 valence electrons. The Hall–Kier alpha value is -9.06. The zero-order chi connectivity index (χ0) is 47.0. The fraction of sp³-hybridized carbons (Fsp3) is 0.0462. The number of fused-ring (bicyclic) bond motifs is 10. The molecule has 0 spiro atoms. The van der Waals surface area contributed by atoms with Crippen molar-refractivity contribution in [1.29, 1.82) is 0 Å². The number of H-pyrrole nitrogens is 1. The Kier molecular flexibility index (Phi) is 11.0. The van der Waals surface area contributed by atoms with Gasteiger partial charge in [0.15, 0.2) is 5.84 Å². The summed E-state index contributed by atoms with van der Waals surface area (Å²) in [4.78, 5) is 13.8. The molecule has 0 amide bonds. The molecular formula is C65H48N4O. The molecule has 0 aliphatic heterocycles. The summed E-state index contributed by atoms with van der Waals surface area (Å²) >= 11 is 0. The molecule has 0 saturated carbocycles. The largest absolute Gasteiger partial charge is 0.456 e. The first-order chi connectivity index (χ1) is 34.6. The van der Waals surface area contributed by atoms with Gasteiger partial charge >= 0.3 is 0 Å². The average Bonchev–Trinajstić information content (AvgIpc) is 4.11. The topological polar surface area (TPSA) is 58.6 Å². The van der Waals surface area contributed by atoms with E-state index in [-0.39, 0.29) is 5.92 Å². The standard InChI is InChI=1S/C59H42N4O.C6H6/c1-37(39-16-6-3-7-17-39)60-59(40-18-8-4-9-19-40)61-38(2)41-20-14-21-44(34-41)46-25-15-27-55-56(46)50-36-43(29-33-54(50)64-55)42-28-32-53-49(35-42)47-30-31-52-57(48-24-12-13-26-51(48)62-52)58(47)63(53)45-22-10-5-11-23-45;1-2-4-6-5-3-1/h3-27,29-36,42,62H,2,28H2,1H3;1-6H. The predicted octanol–water partition coefficient (Wildman–Crippen LogP) is 15.2. The number of hydrogen-bond acceptors (Lipinski definition) is 2. The Morgan fingerprint density at radius 1 is 0.557 bits per heavy atom. The van der Waals surface area contributed by atoms with Crippen molar-refractivity contribution < 1.29 is 4.42 Å². The van der Waals surface area contributed by atoms with E-state index in [1.54, 1.807) is 0 Å². The minimum Gasteiger partial charge on any atom is -0.456 e. The van der Waals surface area contributed by atoms with Gasteiger partial charge in [-0.2, -0.15) is 0 Å². The third-order valence-electron chi connectivity index (χ3n) is 13.5. The van der Waals surface area contributed by atoms with E-state index in [4.69, 9.17) is 14.4 Å². The number of nitrogens with one attached hydrogen (secondary N) is 1. The Labute approximate surface area is 406 Å². The molecule has 0 saturated heterocycles. The normalized spacial score (nSPS) is 13.8. The van der Waals surface area contributed by atoms with Gasteiger partial charge in [0.1, 0.15) is 11.2 Å². The van der Waals surface area contributed by atoms with Gasteiger partial charge in [-0.1, -0.05) is 195 Å². The Balaban J connectivity index is 0.000000785. The summed E-state index contributed by atoms with van der Waals surface area (Å²) in [7, 11) is 0. The number of aromatic nitrogens is 2. The van der Waals surface area contributed by atoms with Crippen molar-refractivity contribution in [3.8, 4) is 16.8 Å². The highest BCUT2D eigenvalue weighted by atomic mass is 16.3. The third-order valence-corrected chi connectivity index (χ3v) is 13.5. The van der Waals surface area contributed by atoms with Crippen LogP contribution in [0.3, 0.4) is 0 Å². The number of para-hydroxylation sites is 2. The lowest BCUT2D eigenvalue weighted by Gasteiger charge is -2.15. The highest BCUT2D eigenvalue weighted by Gasteiger charge is 2.22. The fourth-order valence-electron chi connectivity index (χ4n) is 10.1. The highest BCUT2D eigenvalue weighted by Crippen LogP contribution is 2.40. The average molecular weight is 901 g/mol. The second kappa shape index (κ2) is 18.2. The van der Waals surface area contributed by atoms with Crippen LogP contribution in [0.5, 0.6) is 0 Å². The quantitative estimate of drug-likeness (QED) is 0.126. The zero-order valence-corrected chi connectivity index (χ0v) is 38.8. The van der Waals surface area contributed by atoms with Gasteiger partial charge in [0.05, 0.1) is 11.2 Å². The van der Waals surface area contributed by atoms with Crippen LogP contribution in [0.2, 0.25) is 0 Å². The second-order valence-corrected chi connectivity index (χ2v) is 17.8. The van der Waals surface area contributed by atoms with Crippen LogP contribution in [0.25, 0.3) is 89.3 Å². The highest BCUT2D eigenvalue weighted by molar-refractivity contribution is 6.20. The van der Waals surface area contributed by atoms with E-state index >= 15 is 0 Å². The van der Waals surface area contributed by atoms with E-state index in [0.717, 1.165) is 78.6 Å². The molecule has 5 nitrogen and oxygen atoms in total. The van der Waals surface area contributed by atoms with E-state index in [0.29, 0.717) is 11.5 Å². The summed E-state index contributed by atoms with van der Waals surface area (Å²) in [5, 5.41) is 8.47. The molecule has 70 heavy (non-hydrogen) atoms. The molecule has 1 aliphatic carbocycles. The maximum Gasteiger partial charge on any atom is 0.160 e. The predicted molar refractivity (Wildman–Crippen MR) is 294 cm³/mol. The molecule has 3 heterocycles. The number of rotatable bonds is 7. The Morgan fingerprint density at radius 2 is 1.23 bits per heavy atom. The summed E-state index contributed by atoms with van der Waals surface area (Å²) in [6, 6.07) is 77.8. The molecule has 1 unspecified atom stereocenters. The van der Waals surface area contributed by atoms with Crippen LogP contribution < -0.4 is 10.6 Å². The molecule has 3 aromatic heterocycles. The molecule has 0 radical (unpaired) electrons. The van der Waals surface area contributed by atoms with Crippen LogP contribution in [0.4, 0.5) is 0 Å². The van der Waals surface area contributed by atoms with Gasteiger partial charge in [-0.3, -0.25) is 0 Å². The van der Waals surface area contributed by atoms with Gasteiger partial charge in [-0.05, 0) is 84.1 Å². The summed E-state index contributed by atoms with van der Waals surface area (Å²) in [6.07, 6.45) is 5.81. The lowest BCUT2D eigenvalue weighted by atomic mass is 9.90. The number of hydrogen-bond donors (Lipinski definition) is 1. The van der Waals surface area contributed by atoms with E-state index in [1.165, 1.54) is 37.8 Å². The van der Waals surface area contributed by atoms with Gasteiger partial charge in [-0.15, -0.1) is 0 Å². The van der Waals surface area contributed by atoms with Crippen molar-refractivity contribution in [3.63, 3.8) is 0 Å². The van der Waals surface area contributed by atoms with E-state index in [1.807, 2.05) is 91.9 Å². The number of aliphatic imine (C=N–C) groups is 2. The summed E-state index contributed by atoms with van der Waals surface area (Å²) in [5.41, 5.74) is 14.3. The SMILES string of the molecule is C=C(N=C(N=C(C)c1ccccc1)c1ccccc1)c1cccc(-c2cccc3oc4ccc(C5C=c6c(n(-c7ccccc7)c7c6ccc6[nH]c8ccccc8c67)=CC5)cc4c23)c1.c1ccccc1. The molecule has 0 fully saturated rings. The van der Waals surface area contributed by atoms with Gasteiger partial charge in [0.25, 0.3) is 0 Å². The van der Waals surface area contributed by atoms with Crippen LogP contribution in [0.15, 0.2) is 245 Å². The summed E-state index contributed by atoms with van der Waals surface area (Å²) in [6.45, 7) is 6.49. The second-order valence-electron chi connectivity index (χ2n) is 17.8. The smallest absolute Gasteiger partial charge is 0.160 e. The van der Waals surface area contributed by atoms with Crippen molar-refractivity contribution in [2.24, 2.45) is 9.98 Å². The first-order valence-electron chi connectivity index (χ1n) is 23.9. The molecule has 1 atom stereocenters. The number of benzene rings is 9. The van der Waals surface area contributed by atoms with Crippen molar-refractivity contribution in [3.05, 3.63) is 264 Å². The third kappa shape index (κ3) is 7.83. The maximum atomic E-state index is 6.57. The Bertz CT molecular complexity index is 4080. The van der Waals surface area contributed by atoms with E-state index < -0.39 is 0 Å². The first-order valence-corrected chi connectivity index (χ1v) is 23.9. The monoisotopic (exact) mass is 900 g/mol. The molecule has 0 bridgehead atoms. The van der Waals surface area contributed by atoms with Crippen molar-refractivity contribution in [1.82, 2.24) is 9.55 Å². The van der Waals surface area contributed by atoms with Gasteiger partial charge < -0.3 is 14.0 Å². The molecule has 13 rings (SSSR count). The van der Waals surface area contributed by atoms with Crippen molar-refractivity contribution >= 4 is 84.0 Å². The minimum absolute atomic E-state index is 0.180. The summed E-state index contributed by atoms with van der Waals surface area (Å²) < 4.78 is 9.03. The number of nitrogens with zero attached hydrogens (tertiary/aromatic N) is 3. The van der Waals surface area contributed by atoms with E-state index in [9.17, 15) is 0 Å². The van der Waals surface area contributed by atoms with Gasteiger partial charge in [0.2, 0.25) is 0 Å². The number of furan rings is 1. The lowest BCUT2D eigenvalue weighted by molar-refractivity contribution is 0.668. The maximum absolute atomic E-state index is 6.57. The van der Waals surface area contributed by atoms with Gasteiger partial charge in [-0.25, -0.2) is 9.98 Å². The molecule has 9 aromatic carbocycles. The van der Waals surface area contributed by atoms with Crippen molar-refractivity contribution in [2.75, 3.05) is 0 Å². The van der Waals surface area contributed by atoms with Gasteiger partial charge in [0, 0.05) is 77.0 Å². The lowest BCUT2D eigenvalue weighted by Crippen LogP contribution is -2.31. The van der Waals surface area contributed by atoms with Crippen LogP contribution in [0.1, 0.15) is 41.5 Å². The molecule has 5 heteroatoms. The van der Waals surface area contributed by atoms with Crippen LogP contribution in [-0.4, -0.2) is 21.1 Å². The summed E-state index contributed by atoms with van der Waals surface area (Å²) in [5.74, 6) is 0.798. The molecule has 1 N–H and O–H groups in total. The van der Waals surface area contributed by atoms with Crippen LogP contribution in [-0.2, 0) is 0 Å². The number of amidine groups is 1. The van der Waals surface area contributed by atoms with Crippen LogP contribution >= 0.6 is 0 Å². The van der Waals surface area contributed by atoms with Crippen LogP contribution in [0, 0.1) is 0 Å². The Morgan fingerprint density at radius 3 is 2.00 bits per heavy atom. The zero-order valence-electron chi connectivity index (χ0n) is 38.8. The molecule has 12 aromatic rings. The number of aromatic amines is 1. The first kappa shape index (κ1) is 42.3. The fourth-order valence-corrected chi connectivity index (χ4v) is 10.1. The molecule has 1 aliphatic rings. The van der Waals surface area contributed by atoms with Crippen molar-refractivity contribution in [2.45, 2.75) is 19.3 Å². The molecular weight excluding hydrogens is 853 g/mol. The minimum atomic E-state index is 0.180. The van der Waals surface area contributed by atoms with E-state index in [2.05, 4.69) is 168 Å².